The van der Waals surface area contributed by atoms with E-state index >= 15 is 0 Å². The van der Waals surface area contributed by atoms with Gasteiger partial charge in [-0.15, -0.1) is 0 Å². The van der Waals surface area contributed by atoms with Crippen LogP contribution in [0, 0.1) is 5.41 Å². The predicted molar refractivity (Wildman–Crippen MR) is 68.3 cm³/mol. The fourth-order valence-corrected chi connectivity index (χ4v) is 1.99. The highest BCUT2D eigenvalue weighted by molar-refractivity contribution is 7.99. The minimum absolute atomic E-state index is 0.157. The molecule has 98 valence electrons. The van der Waals surface area contributed by atoms with Crippen molar-refractivity contribution in [1.29, 1.82) is 0 Å². The van der Waals surface area contributed by atoms with Crippen LogP contribution in [0.25, 0.3) is 0 Å². The van der Waals surface area contributed by atoms with Gasteiger partial charge in [-0.2, -0.15) is 11.8 Å². The predicted octanol–water partition coefficient (Wildman–Crippen LogP) is 1.24. The molecule has 0 saturated carbocycles. The minimum atomic E-state index is -0.828. The number of carbonyl (C=O) groups excluding carboxylic acids is 1. The molecule has 2 unspecified atom stereocenters. The van der Waals surface area contributed by atoms with E-state index in [0.29, 0.717) is 31.3 Å². The zero-order chi connectivity index (χ0) is 13.1. The van der Waals surface area contributed by atoms with Gasteiger partial charge in [0.2, 0.25) is 0 Å². The Labute approximate surface area is 106 Å². The summed E-state index contributed by atoms with van der Waals surface area (Å²) in [4.78, 5) is 24.4. The maximum absolute atomic E-state index is 11.8. The monoisotopic (exact) mass is 260 g/mol. The first kappa shape index (κ1) is 14.2. The standard InChI is InChI=1S/C11H20N2O3S/c1-8(17-3)6-12-10(16)13-5-4-11(2,7-13)9(14)15/h8H,4-7H2,1-3H3,(H,12,16)(H,14,15). The Morgan fingerprint density at radius 1 is 1.59 bits per heavy atom. The highest BCUT2D eigenvalue weighted by Crippen LogP contribution is 2.29. The van der Waals surface area contributed by atoms with E-state index in [9.17, 15) is 9.59 Å². The number of carboxylic acid groups (broad SMARTS) is 1. The van der Waals surface area contributed by atoms with Gasteiger partial charge in [0, 0.05) is 24.9 Å². The summed E-state index contributed by atoms with van der Waals surface area (Å²) < 4.78 is 0. The van der Waals surface area contributed by atoms with Gasteiger partial charge in [0.25, 0.3) is 0 Å². The van der Waals surface area contributed by atoms with E-state index in [0.717, 1.165) is 0 Å². The fraction of sp³-hybridized carbons (Fsp3) is 0.818. The van der Waals surface area contributed by atoms with E-state index in [2.05, 4.69) is 5.32 Å². The van der Waals surface area contributed by atoms with Crippen LogP contribution in [0.3, 0.4) is 0 Å². The topological polar surface area (TPSA) is 69.6 Å². The number of carbonyl (C=O) groups is 2. The molecule has 0 aromatic carbocycles. The number of urea groups is 1. The highest BCUT2D eigenvalue weighted by Gasteiger charge is 2.42. The summed E-state index contributed by atoms with van der Waals surface area (Å²) in [5.41, 5.74) is -0.789. The lowest BCUT2D eigenvalue weighted by molar-refractivity contribution is -0.146. The number of nitrogens with zero attached hydrogens (tertiary/aromatic N) is 1. The van der Waals surface area contributed by atoms with Crippen molar-refractivity contribution >= 4 is 23.8 Å². The zero-order valence-corrected chi connectivity index (χ0v) is 11.3. The fourth-order valence-electron chi connectivity index (χ4n) is 1.74. The van der Waals surface area contributed by atoms with Gasteiger partial charge in [-0.05, 0) is 19.6 Å². The SMILES string of the molecule is CSC(C)CNC(=O)N1CCC(C)(C(=O)O)C1. The molecule has 0 aliphatic carbocycles. The maximum Gasteiger partial charge on any atom is 0.317 e. The molecule has 0 spiro atoms. The van der Waals surface area contributed by atoms with Crippen LogP contribution in [0.4, 0.5) is 4.79 Å². The molecule has 1 rings (SSSR count). The van der Waals surface area contributed by atoms with Crippen LogP contribution >= 0.6 is 11.8 Å². The van der Waals surface area contributed by atoms with Crippen molar-refractivity contribution in [1.82, 2.24) is 10.2 Å². The van der Waals surface area contributed by atoms with E-state index in [1.54, 1.807) is 23.6 Å². The number of nitrogens with one attached hydrogen (secondary N) is 1. The molecular formula is C11H20N2O3S. The Bertz CT molecular complexity index is 311. The third kappa shape index (κ3) is 3.52. The first-order chi connectivity index (χ1) is 7.89. The summed E-state index contributed by atoms with van der Waals surface area (Å²) in [5.74, 6) is -0.828. The molecule has 2 N–H and O–H groups in total. The van der Waals surface area contributed by atoms with Crippen LogP contribution in [0.2, 0.25) is 0 Å². The molecule has 0 bridgehead atoms. The van der Waals surface area contributed by atoms with E-state index in [1.807, 2.05) is 13.2 Å². The average Bonchev–Trinajstić information content (AvgIpc) is 2.69. The number of thioether (sulfide) groups is 1. The molecule has 0 aromatic rings. The molecule has 17 heavy (non-hydrogen) atoms. The van der Waals surface area contributed by atoms with Crippen LogP contribution in [0.5, 0.6) is 0 Å². The summed E-state index contributed by atoms with van der Waals surface area (Å²) in [7, 11) is 0. The number of hydrogen-bond donors (Lipinski definition) is 2. The first-order valence-electron chi connectivity index (χ1n) is 5.68. The van der Waals surface area contributed by atoms with Gasteiger partial charge in [-0.1, -0.05) is 6.92 Å². The van der Waals surface area contributed by atoms with Crippen molar-refractivity contribution in [2.45, 2.75) is 25.5 Å². The summed E-state index contributed by atoms with van der Waals surface area (Å²) in [6, 6.07) is -0.157. The molecule has 1 aliphatic rings. The Kier molecular flexibility index (Phi) is 4.68. The second kappa shape index (κ2) is 5.62. The number of aliphatic carboxylic acids is 1. The lowest BCUT2D eigenvalue weighted by Gasteiger charge is -2.21. The van der Waals surface area contributed by atoms with E-state index in [4.69, 9.17) is 5.11 Å². The molecule has 1 fully saturated rings. The van der Waals surface area contributed by atoms with Gasteiger partial charge in [0.15, 0.2) is 0 Å². The van der Waals surface area contributed by atoms with Gasteiger partial charge in [0.1, 0.15) is 0 Å². The highest BCUT2D eigenvalue weighted by atomic mass is 32.2. The van der Waals surface area contributed by atoms with Gasteiger partial charge in [0.05, 0.1) is 5.41 Å². The molecule has 6 heteroatoms. The Morgan fingerprint density at radius 3 is 2.71 bits per heavy atom. The third-order valence-electron chi connectivity index (χ3n) is 3.22. The van der Waals surface area contributed by atoms with Crippen molar-refractivity contribution in [3.05, 3.63) is 0 Å². The maximum atomic E-state index is 11.8. The first-order valence-corrected chi connectivity index (χ1v) is 6.97. The molecule has 0 radical (unpaired) electrons. The number of carboxylic acids is 1. The Morgan fingerprint density at radius 2 is 2.24 bits per heavy atom. The molecule has 5 nitrogen and oxygen atoms in total. The summed E-state index contributed by atoms with van der Waals surface area (Å²) in [6.07, 6.45) is 2.52. The summed E-state index contributed by atoms with van der Waals surface area (Å²) in [5, 5.41) is 12.3. The Balaban J connectivity index is 2.43. The van der Waals surface area contributed by atoms with Crippen molar-refractivity contribution in [2.24, 2.45) is 5.41 Å². The molecule has 2 atom stereocenters. The van der Waals surface area contributed by atoms with Crippen LogP contribution in [-0.4, -0.2) is 53.1 Å². The Hall–Kier alpha value is -0.910. The van der Waals surface area contributed by atoms with Crippen LogP contribution < -0.4 is 5.32 Å². The van der Waals surface area contributed by atoms with E-state index in [1.165, 1.54) is 0 Å². The van der Waals surface area contributed by atoms with Crippen molar-refractivity contribution in [3.8, 4) is 0 Å². The average molecular weight is 260 g/mol. The van der Waals surface area contributed by atoms with E-state index in [-0.39, 0.29) is 6.03 Å². The third-order valence-corrected chi connectivity index (χ3v) is 4.19. The largest absolute Gasteiger partial charge is 0.481 e. The summed E-state index contributed by atoms with van der Waals surface area (Å²) >= 11 is 1.69. The number of likely N-dealkylation sites (tertiary alicyclic amines) is 1. The van der Waals surface area contributed by atoms with Crippen LogP contribution in [0.1, 0.15) is 20.3 Å². The number of amides is 2. The van der Waals surface area contributed by atoms with Crippen molar-refractivity contribution in [2.75, 3.05) is 25.9 Å². The van der Waals surface area contributed by atoms with Gasteiger partial charge in [-0.3, -0.25) is 4.79 Å². The summed E-state index contributed by atoms with van der Waals surface area (Å²) in [6.45, 7) is 5.15. The smallest absolute Gasteiger partial charge is 0.317 e. The van der Waals surface area contributed by atoms with Crippen molar-refractivity contribution < 1.29 is 14.7 Å². The minimum Gasteiger partial charge on any atom is -0.481 e. The lowest BCUT2D eigenvalue weighted by atomic mass is 9.90. The van der Waals surface area contributed by atoms with E-state index < -0.39 is 11.4 Å². The van der Waals surface area contributed by atoms with Crippen LogP contribution in [0.15, 0.2) is 0 Å². The van der Waals surface area contributed by atoms with Crippen LogP contribution in [-0.2, 0) is 4.79 Å². The molecule has 2 amide bonds. The second-order valence-corrected chi connectivity index (χ2v) is 6.05. The van der Waals surface area contributed by atoms with Crippen molar-refractivity contribution in [3.63, 3.8) is 0 Å². The molecule has 0 aromatic heterocycles. The number of hydrogen-bond acceptors (Lipinski definition) is 3. The van der Waals surface area contributed by atoms with Gasteiger partial charge < -0.3 is 15.3 Å². The normalized spacial score (nSPS) is 25.7. The molecule has 1 aliphatic heterocycles. The quantitative estimate of drug-likeness (QED) is 0.798. The van der Waals surface area contributed by atoms with Gasteiger partial charge in [-0.25, -0.2) is 4.79 Å². The van der Waals surface area contributed by atoms with Gasteiger partial charge >= 0.3 is 12.0 Å². The molecule has 1 heterocycles. The molecular weight excluding hydrogens is 240 g/mol. The lowest BCUT2D eigenvalue weighted by Crippen LogP contribution is -2.42. The second-order valence-electron chi connectivity index (χ2n) is 4.77. The zero-order valence-electron chi connectivity index (χ0n) is 10.5. The number of rotatable bonds is 4. The molecule has 1 saturated heterocycles.